The molecule has 6 heteroatoms. The molecule has 0 bridgehead atoms. The molecule has 1 amide bonds. The summed E-state index contributed by atoms with van der Waals surface area (Å²) in [7, 11) is 3.54. The molecule has 25 heavy (non-hydrogen) atoms. The standard InChI is InChI=1S/C19H26N4O2/c1-20-19(25)16(4-3-11-24)18-15-6-5-14(12-17(15)23(2)22-18)13-7-9-21-10-8-13/h5-6,11-13,16,21H,3-4,7-10H2,1-2H3,(H,20,25). The molecule has 1 aliphatic rings. The molecule has 1 aromatic carbocycles. The van der Waals surface area contributed by atoms with Crippen molar-refractivity contribution >= 4 is 23.1 Å². The molecular formula is C19H26N4O2. The first-order valence-electron chi connectivity index (χ1n) is 8.98. The van der Waals surface area contributed by atoms with Crippen LogP contribution in [0.25, 0.3) is 10.9 Å². The molecule has 6 nitrogen and oxygen atoms in total. The molecule has 1 aromatic heterocycles. The average molecular weight is 342 g/mol. The first kappa shape index (κ1) is 17.6. The van der Waals surface area contributed by atoms with Gasteiger partial charge in [0.25, 0.3) is 0 Å². The van der Waals surface area contributed by atoms with Gasteiger partial charge in [0, 0.05) is 25.9 Å². The summed E-state index contributed by atoms with van der Waals surface area (Å²) in [6.45, 7) is 2.12. The maximum absolute atomic E-state index is 12.3. The van der Waals surface area contributed by atoms with Crippen LogP contribution in [0.4, 0.5) is 0 Å². The van der Waals surface area contributed by atoms with E-state index in [1.165, 1.54) is 5.56 Å². The second kappa shape index (κ2) is 7.78. The number of nitrogens with one attached hydrogen (secondary N) is 2. The lowest BCUT2D eigenvalue weighted by atomic mass is 9.89. The number of aldehydes is 1. The minimum absolute atomic E-state index is 0.0933. The van der Waals surface area contributed by atoms with E-state index in [2.05, 4.69) is 33.9 Å². The van der Waals surface area contributed by atoms with Gasteiger partial charge in [-0.3, -0.25) is 9.48 Å². The number of amides is 1. The zero-order valence-electron chi connectivity index (χ0n) is 14.9. The summed E-state index contributed by atoms with van der Waals surface area (Å²) in [6, 6.07) is 6.47. The molecule has 0 aliphatic carbocycles. The SMILES string of the molecule is CNC(=O)C(CCC=O)c1nn(C)c2cc(C3CCNCC3)ccc12. The molecule has 2 heterocycles. The van der Waals surface area contributed by atoms with E-state index < -0.39 is 5.92 Å². The lowest BCUT2D eigenvalue weighted by Crippen LogP contribution is -2.26. The molecule has 0 radical (unpaired) electrons. The van der Waals surface area contributed by atoms with Crippen LogP contribution in [0.5, 0.6) is 0 Å². The van der Waals surface area contributed by atoms with Crippen LogP contribution < -0.4 is 10.6 Å². The summed E-state index contributed by atoms with van der Waals surface area (Å²) in [4.78, 5) is 23.1. The fraction of sp³-hybridized carbons (Fsp3) is 0.526. The highest BCUT2D eigenvalue weighted by Crippen LogP contribution is 2.32. The van der Waals surface area contributed by atoms with E-state index >= 15 is 0 Å². The third-order valence-corrected chi connectivity index (χ3v) is 5.18. The maximum Gasteiger partial charge on any atom is 0.228 e. The fourth-order valence-electron chi connectivity index (χ4n) is 3.77. The monoisotopic (exact) mass is 342 g/mol. The smallest absolute Gasteiger partial charge is 0.228 e. The summed E-state index contributed by atoms with van der Waals surface area (Å²) in [5, 5.41) is 11.7. The molecular weight excluding hydrogens is 316 g/mol. The zero-order chi connectivity index (χ0) is 17.8. The minimum Gasteiger partial charge on any atom is -0.359 e. The summed E-state index contributed by atoms with van der Waals surface area (Å²) in [5.41, 5.74) is 3.15. The number of aromatic nitrogens is 2. The van der Waals surface area contributed by atoms with E-state index in [1.807, 2.05) is 11.7 Å². The van der Waals surface area contributed by atoms with Crippen molar-refractivity contribution < 1.29 is 9.59 Å². The van der Waals surface area contributed by atoms with Gasteiger partial charge in [-0.05, 0) is 49.9 Å². The van der Waals surface area contributed by atoms with E-state index in [0.717, 1.165) is 48.8 Å². The van der Waals surface area contributed by atoms with Crippen LogP contribution in [0.2, 0.25) is 0 Å². The predicted molar refractivity (Wildman–Crippen MR) is 97.7 cm³/mol. The van der Waals surface area contributed by atoms with Crippen LogP contribution in [-0.2, 0) is 16.6 Å². The van der Waals surface area contributed by atoms with Crippen molar-refractivity contribution in [3.05, 3.63) is 29.5 Å². The minimum atomic E-state index is -0.399. The van der Waals surface area contributed by atoms with Gasteiger partial charge in [0.1, 0.15) is 6.29 Å². The highest BCUT2D eigenvalue weighted by Gasteiger charge is 2.25. The Morgan fingerprint density at radius 1 is 1.44 bits per heavy atom. The normalized spacial score (nSPS) is 16.7. The Morgan fingerprint density at radius 2 is 2.20 bits per heavy atom. The number of aryl methyl sites for hydroxylation is 1. The van der Waals surface area contributed by atoms with Gasteiger partial charge in [-0.15, -0.1) is 0 Å². The Kier molecular flexibility index (Phi) is 5.48. The van der Waals surface area contributed by atoms with Gasteiger partial charge in [0.15, 0.2) is 0 Å². The topological polar surface area (TPSA) is 76.0 Å². The zero-order valence-corrected chi connectivity index (χ0v) is 14.9. The molecule has 3 rings (SSSR count). The van der Waals surface area contributed by atoms with Crippen molar-refractivity contribution in [3.63, 3.8) is 0 Å². The lowest BCUT2D eigenvalue weighted by molar-refractivity contribution is -0.122. The summed E-state index contributed by atoms with van der Waals surface area (Å²) in [6.07, 6.45) is 3.98. The number of rotatable bonds is 6. The number of carbonyl (C=O) groups is 2. The van der Waals surface area contributed by atoms with E-state index in [0.29, 0.717) is 18.8 Å². The van der Waals surface area contributed by atoms with Gasteiger partial charge >= 0.3 is 0 Å². The third-order valence-electron chi connectivity index (χ3n) is 5.18. The van der Waals surface area contributed by atoms with Crippen molar-refractivity contribution in [2.24, 2.45) is 7.05 Å². The van der Waals surface area contributed by atoms with E-state index in [-0.39, 0.29) is 5.91 Å². The Balaban J connectivity index is 1.98. The van der Waals surface area contributed by atoms with Crippen LogP contribution in [0.1, 0.15) is 48.8 Å². The summed E-state index contributed by atoms with van der Waals surface area (Å²) in [5.74, 6) is 0.0849. The van der Waals surface area contributed by atoms with Gasteiger partial charge in [-0.1, -0.05) is 12.1 Å². The molecule has 0 spiro atoms. The van der Waals surface area contributed by atoms with Gasteiger partial charge in [-0.2, -0.15) is 5.10 Å². The molecule has 1 unspecified atom stereocenters. The number of fused-ring (bicyclic) bond motifs is 1. The number of carbonyl (C=O) groups excluding carboxylic acids is 2. The molecule has 1 fully saturated rings. The number of hydrogen-bond donors (Lipinski definition) is 2. The second-order valence-corrected chi connectivity index (χ2v) is 6.72. The number of piperidine rings is 1. The predicted octanol–water partition coefficient (Wildman–Crippen LogP) is 1.85. The van der Waals surface area contributed by atoms with Crippen molar-refractivity contribution in [2.45, 2.75) is 37.5 Å². The Bertz CT molecular complexity index is 762. The summed E-state index contributed by atoms with van der Waals surface area (Å²) >= 11 is 0. The highest BCUT2D eigenvalue weighted by atomic mass is 16.1. The number of likely N-dealkylation sites (N-methyl/N-ethyl adjacent to an activating group) is 1. The van der Waals surface area contributed by atoms with E-state index in [1.54, 1.807) is 7.05 Å². The molecule has 2 aromatic rings. The number of benzene rings is 1. The fourth-order valence-corrected chi connectivity index (χ4v) is 3.77. The van der Waals surface area contributed by atoms with Crippen LogP contribution in [0.3, 0.4) is 0 Å². The first-order chi connectivity index (χ1) is 12.2. The second-order valence-electron chi connectivity index (χ2n) is 6.72. The average Bonchev–Trinajstić information content (AvgIpc) is 2.98. The van der Waals surface area contributed by atoms with Crippen molar-refractivity contribution in [2.75, 3.05) is 20.1 Å². The van der Waals surface area contributed by atoms with Gasteiger partial charge < -0.3 is 15.4 Å². The number of hydrogen-bond acceptors (Lipinski definition) is 4. The molecule has 0 saturated carbocycles. The highest BCUT2D eigenvalue weighted by molar-refractivity contribution is 5.91. The Hall–Kier alpha value is -2.21. The third kappa shape index (κ3) is 3.58. The Labute approximate surface area is 148 Å². The maximum atomic E-state index is 12.3. The van der Waals surface area contributed by atoms with Gasteiger partial charge in [0.05, 0.1) is 17.1 Å². The van der Waals surface area contributed by atoms with E-state index in [9.17, 15) is 9.59 Å². The molecule has 1 saturated heterocycles. The van der Waals surface area contributed by atoms with Crippen LogP contribution >= 0.6 is 0 Å². The number of nitrogens with zero attached hydrogens (tertiary/aromatic N) is 2. The lowest BCUT2D eigenvalue weighted by Gasteiger charge is -2.23. The molecule has 1 atom stereocenters. The quantitative estimate of drug-likeness (QED) is 0.786. The van der Waals surface area contributed by atoms with E-state index in [4.69, 9.17) is 0 Å². The van der Waals surface area contributed by atoms with Crippen molar-refractivity contribution in [3.8, 4) is 0 Å². The van der Waals surface area contributed by atoms with Crippen LogP contribution in [0.15, 0.2) is 18.2 Å². The molecule has 1 aliphatic heterocycles. The van der Waals surface area contributed by atoms with Crippen LogP contribution in [-0.4, -0.2) is 42.1 Å². The Morgan fingerprint density at radius 3 is 2.88 bits per heavy atom. The summed E-state index contributed by atoms with van der Waals surface area (Å²) < 4.78 is 1.85. The van der Waals surface area contributed by atoms with Crippen molar-refractivity contribution in [1.29, 1.82) is 0 Å². The molecule has 134 valence electrons. The van der Waals surface area contributed by atoms with Gasteiger partial charge in [-0.25, -0.2) is 0 Å². The first-order valence-corrected chi connectivity index (χ1v) is 8.98. The van der Waals surface area contributed by atoms with Gasteiger partial charge in [0.2, 0.25) is 5.91 Å². The molecule has 2 N–H and O–H groups in total. The largest absolute Gasteiger partial charge is 0.359 e. The van der Waals surface area contributed by atoms with Crippen LogP contribution in [0, 0.1) is 0 Å². The van der Waals surface area contributed by atoms with Crippen molar-refractivity contribution in [1.82, 2.24) is 20.4 Å².